The maximum absolute atomic E-state index is 16.7. The number of halogens is 4. The normalized spacial score (nSPS) is 11.4. The fourth-order valence-electron chi connectivity index (χ4n) is 6.92. The van der Waals surface area contributed by atoms with Crippen LogP contribution in [0.25, 0.3) is 45.1 Å². The molecular weight excluding hydrogens is 634 g/mol. The van der Waals surface area contributed by atoms with E-state index in [0.29, 0.717) is 17.0 Å². The molecule has 0 saturated heterocycles. The number of hydrogen-bond donors (Lipinski definition) is 0. The van der Waals surface area contributed by atoms with Crippen LogP contribution < -0.4 is 13.7 Å². The molecule has 7 heteroatoms. The highest BCUT2D eigenvalue weighted by Crippen LogP contribution is 2.35. The minimum Gasteiger partial charge on any atom is -0.207 e. The highest BCUT2D eigenvalue weighted by molar-refractivity contribution is 5.74. The van der Waals surface area contributed by atoms with Crippen molar-refractivity contribution in [2.75, 3.05) is 0 Å². The molecule has 254 valence electrons. The molecule has 50 heavy (non-hydrogen) atoms. The standard InChI is InChI=1S/C43H42F4N3/c1-23-11-27(5)42(36-14-24(2)29(7)20-48(36)10)37(12-23)49-21-30(8)26(4)16-39(49)43-35(47)18-33(45)19-40(43)50-22-31(9)25(3)15-38(50)41-28(6)13-32(44)17-34(41)46/h11-22H,1-10H3/q+3. The van der Waals surface area contributed by atoms with Crippen LogP contribution in [0.1, 0.15) is 50.1 Å². The van der Waals surface area contributed by atoms with E-state index in [4.69, 9.17) is 0 Å². The lowest BCUT2D eigenvalue weighted by atomic mass is 9.96. The van der Waals surface area contributed by atoms with Crippen molar-refractivity contribution in [3.63, 3.8) is 0 Å². The lowest BCUT2D eigenvalue weighted by Crippen LogP contribution is -2.40. The van der Waals surface area contributed by atoms with Crippen molar-refractivity contribution < 1.29 is 31.3 Å². The molecule has 3 nitrogen and oxygen atoms in total. The van der Waals surface area contributed by atoms with Gasteiger partial charge in [-0.3, -0.25) is 0 Å². The SMILES string of the molecule is Cc1cc(C)c(-c2cc(C)c(C)c[n+]2C)c(-[n+]2cc(C)c(C)cc2-c2c(F)cc(F)cc2-[n+]2cc(C)c(C)cc2-c2c(C)cc(F)cc2F)c1. The minimum atomic E-state index is -0.779. The van der Waals surface area contributed by atoms with E-state index >= 15 is 13.2 Å². The van der Waals surface area contributed by atoms with Crippen LogP contribution in [0.3, 0.4) is 0 Å². The third-order valence-electron chi connectivity index (χ3n) is 9.89. The Labute approximate surface area is 291 Å². The quantitative estimate of drug-likeness (QED) is 0.127. The van der Waals surface area contributed by atoms with Crippen LogP contribution in [0, 0.1) is 85.6 Å². The number of pyridine rings is 3. The minimum absolute atomic E-state index is 0.138. The van der Waals surface area contributed by atoms with Crippen molar-refractivity contribution in [1.82, 2.24) is 0 Å². The number of aryl methyl sites for hydroxylation is 10. The highest BCUT2D eigenvalue weighted by atomic mass is 19.1. The summed E-state index contributed by atoms with van der Waals surface area (Å²) in [7, 11) is 2.02. The number of benzene rings is 3. The number of nitrogens with zero attached hydrogens (tertiary/aromatic N) is 3. The van der Waals surface area contributed by atoms with Gasteiger partial charge in [-0.15, -0.1) is 0 Å². The first-order valence-electron chi connectivity index (χ1n) is 16.7. The van der Waals surface area contributed by atoms with Crippen molar-refractivity contribution in [3.8, 4) is 45.1 Å². The van der Waals surface area contributed by atoms with Gasteiger partial charge in [-0.25, -0.2) is 22.1 Å². The Balaban J connectivity index is 1.75. The van der Waals surface area contributed by atoms with E-state index in [9.17, 15) is 4.39 Å². The van der Waals surface area contributed by atoms with Crippen molar-refractivity contribution in [3.05, 3.63) is 147 Å². The van der Waals surface area contributed by atoms with E-state index in [1.807, 2.05) is 58.5 Å². The first-order valence-corrected chi connectivity index (χ1v) is 16.7. The molecule has 6 rings (SSSR count). The zero-order valence-electron chi connectivity index (χ0n) is 30.3. The Kier molecular flexibility index (Phi) is 8.98. The van der Waals surface area contributed by atoms with Gasteiger partial charge in [-0.2, -0.15) is 9.13 Å². The summed E-state index contributed by atoms with van der Waals surface area (Å²) in [4.78, 5) is 0. The molecule has 0 atom stereocenters. The van der Waals surface area contributed by atoms with Gasteiger partial charge in [0.15, 0.2) is 24.2 Å². The Hall–Kier alpha value is -5.17. The highest BCUT2D eigenvalue weighted by Gasteiger charge is 2.35. The van der Waals surface area contributed by atoms with E-state index in [-0.39, 0.29) is 16.8 Å². The third kappa shape index (κ3) is 6.10. The van der Waals surface area contributed by atoms with Gasteiger partial charge < -0.3 is 0 Å². The van der Waals surface area contributed by atoms with E-state index in [2.05, 4.69) is 49.7 Å². The molecule has 0 unspecified atom stereocenters. The van der Waals surface area contributed by atoms with Gasteiger partial charge in [-0.1, -0.05) is 6.07 Å². The van der Waals surface area contributed by atoms with Crippen molar-refractivity contribution >= 4 is 0 Å². The first-order chi connectivity index (χ1) is 23.5. The first kappa shape index (κ1) is 34.7. The summed E-state index contributed by atoms with van der Waals surface area (Å²) in [6, 6.07) is 14.3. The van der Waals surface area contributed by atoms with E-state index in [0.717, 1.165) is 73.6 Å². The second-order valence-electron chi connectivity index (χ2n) is 13.8. The summed E-state index contributed by atoms with van der Waals surface area (Å²) in [5.74, 6) is -3.01. The lowest BCUT2D eigenvalue weighted by Gasteiger charge is -2.15. The predicted octanol–water partition coefficient (Wildman–Crippen LogP) is 9.40. The Morgan fingerprint density at radius 2 is 0.820 bits per heavy atom. The van der Waals surface area contributed by atoms with Crippen molar-refractivity contribution in [2.45, 2.75) is 62.3 Å². The largest absolute Gasteiger partial charge is 0.231 e. The molecule has 0 radical (unpaired) electrons. The van der Waals surface area contributed by atoms with Crippen LogP contribution in [-0.2, 0) is 7.05 Å². The summed E-state index contributed by atoms with van der Waals surface area (Å²) in [5, 5.41) is 0. The molecule has 3 heterocycles. The van der Waals surface area contributed by atoms with E-state index in [1.165, 1.54) is 12.1 Å². The van der Waals surface area contributed by atoms with Gasteiger partial charge in [0.05, 0.1) is 5.56 Å². The monoisotopic (exact) mass is 676 g/mol. The van der Waals surface area contributed by atoms with Crippen LogP contribution >= 0.6 is 0 Å². The Morgan fingerprint density at radius 1 is 0.380 bits per heavy atom. The summed E-state index contributed by atoms with van der Waals surface area (Å²) < 4.78 is 67.8. The molecule has 0 saturated carbocycles. The fourth-order valence-corrected chi connectivity index (χ4v) is 6.92. The molecule has 0 aliphatic heterocycles. The molecule has 0 spiro atoms. The summed E-state index contributed by atoms with van der Waals surface area (Å²) in [6.07, 6.45) is 5.85. The van der Waals surface area contributed by atoms with Gasteiger partial charge >= 0.3 is 0 Å². The topological polar surface area (TPSA) is 11.6 Å². The van der Waals surface area contributed by atoms with E-state index in [1.54, 1.807) is 23.8 Å². The predicted molar refractivity (Wildman–Crippen MR) is 189 cm³/mol. The third-order valence-corrected chi connectivity index (χ3v) is 9.89. The molecular formula is C43H42F4N3+3. The second-order valence-corrected chi connectivity index (χ2v) is 13.8. The molecule has 0 fully saturated rings. The molecule has 3 aromatic carbocycles. The number of hydrogen-bond acceptors (Lipinski definition) is 0. The molecule has 0 N–H and O–H groups in total. The average Bonchev–Trinajstić information content (AvgIpc) is 3.01. The van der Waals surface area contributed by atoms with E-state index < -0.39 is 23.3 Å². The van der Waals surface area contributed by atoms with Gasteiger partial charge in [0, 0.05) is 59.2 Å². The van der Waals surface area contributed by atoms with Gasteiger partial charge in [-0.05, 0) is 102 Å². The average molecular weight is 677 g/mol. The molecule has 0 amide bonds. The van der Waals surface area contributed by atoms with Gasteiger partial charge in [0.2, 0.25) is 28.5 Å². The number of rotatable bonds is 5. The van der Waals surface area contributed by atoms with Crippen LogP contribution in [0.4, 0.5) is 17.6 Å². The van der Waals surface area contributed by atoms with Crippen molar-refractivity contribution in [1.29, 1.82) is 0 Å². The van der Waals surface area contributed by atoms with Gasteiger partial charge in [0.1, 0.15) is 35.9 Å². The molecule has 3 aromatic heterocycles. The maximum atomic E-state index is 16.7. The van der Waals surface area contributed by atoms with Crippen LogP contribution in [0.2, 0.25) is 0 Å². The fraction of sp³-hybridized carbons (Fsp3) is 0.233. The Bertz CT molecular complexity index is 2350. The molecule has 0 aliphatic carbocycles. The summed E-state index contributed by atoms with van der Waals surface area (Å²) in [6.45, 7) is 17.6. The van der Waals surface area contributed by atoms with Crippen LogP contribution in [0.15, 0.2) is 73.2 Å². The number of aromatic nitrogens is 3. The van der Waals surface area contributed by atoms with Crippen molar-refractivity contribution in [2.24, 2.45) is 7.05 Å². The van der Waals surface area contributed by atoms with Crippen LogP contribution in [-0.4, -0.2) is 0 Å². The Morgan fingerprint density at radius 3 is 1.38 bits per heavy atom. The zero-order chi connectivity index (χ0) is 36.3. The summed E-state index contributed by atoms with van der Waals surface area (Å²) in [5.41, 5.74) is 12.4. The smallest absolute Gasteiger partial charge is 0.207 e. The lowest BCUT2D eigenvalue weighted by molar-refractivity contribution is -0.661. The maximum Gasteiger partial charge on any atom is 0.231 e. The second kappa shape index (κ2) is 12.9. The summed E-state index contributed by atoms with van der Waals surface area (Å²) >= 11 is 0. The molecule has 6 aromatic rings. The van der Waals surface area contributed by atoms with Crippen LogP contribution in [0.5, 0.6) is 0 Å². The molecule has 0 aliphatic rings. The van der Waals surface area contributed by atoms with Gasteiger partial charge in [0.25, 0.3) is 0 Å². The zero-order valence-corrected chi connectivity index (χ0v) is 30.3. The molecule has 0 bridgehead atoms.